The number of aryl methyl sites for hydroxylation is 1. The van der Waals surface area contributed by atoms with Crippen LogP contribution in [-0.4, -0.2) is 30.6 Å². The Morgan fingerprint density at radius 1 is 1.09 bits per heavy atom. The Hall–Kier alpha value is -4.09. The lowest BCUT2D eigenvalue weighted by molar-refractivity contribution is -0.150. The van der Waals surface area contributed by atoms with Gasteiger partial charge in [-0.15, -0.1) is 0 Å². The molecule has 1 aliphatic rings. The fourth-order valence-electron chi connectivity index (χ4n) is 4.06. The highest BCUT2D eigenvalue weighted by Crippen LogP contribution is 2.40. The first-order chi connectivity index (χ1) is 16.9. The van der Waals surface area contributed by atoms with Gasteiger partial charge in [0.15, 0.2) is 0 Å². The Morgan fingerprint density at radius 2 is 1.80 bits per heavy atom. The van der Waals surface area contributed by atoms with Crippen LogP contribution in [0.2, 0.25) is 0 Å². The van der Waals surface area contributed by atoms with Crippen molar-refractivity contribution in [2.24, 2.45) is 5.92 Å². The number of allylic oxidation sites excluding steroid dienone is 1. The summed E-state index contributed by atoms with van der Waals surface area (Å²) in [6, 6.07) is 22.9. The molecule has 3 aromatic carbocycles. The minimum Gasteiger partial charge on any atom is -0.468 e. The van der Waals surface area contributed by atoms with E-state index < -0.39 is 23.7 Å². The van der Waals surface area contributed by atoms with Crippen LogP contribution in [0.3, 0.4) is 0 Å². The van der Waals surface area contributed by atoms with Gasteiger partial charge in [-0.3, -0.25) is 14.4 Å². The number of amides is 2. The predicted molar refractivity (Wildman–Crippen MR) is 135 cm³/mol. The number of thioether (sulfide) groups is 1. The molecule has 0 saturated carbocycles. The maximum Gasteiger partial charge on any atom is 0.319 e. The molecule has 2 amide bonds. The average molecular weight is 486 g/mol. The van der Waals surface area contributed by atoms with Crippen LogP contribution in [0, 0.1) is 24.2 Å². The molecular weight excluding hydrogens is 462 g/mol. The van der Waals surface area contributed by atoms with Crippen molar-refractivity contribution in [3.05, 3.63) is 88.5 Å². The number of carbonyl (C=O) groups excluding carboxylic acids is 3. The van der Waals surface area contributed by atoms with Crippen molar-refractivity contribution in [3.63, 3.8) is 0 Å². The molecule has 3 aromatic rings. The summed E-state index contributed by atoms with van der Waals surface area (Å²) < 4.78 is 4.86. The van der Waals surface area contributed by atoms with Crippen LogP contribution in [0.1, 0.15) is 17.0 Å². The Bertz CT molecular complexity index is 1380. The zero-order chi connectivity index (χ0) is 24.9. The molecule has 1 heterocycles. The zero-order valence-corrected chi connectivity index (χ0v) is 20.0. The summed E-state index contributed by atoms with van der Waals surface area (Å²) in [6.45, 7) is 1.92. The van der Waals surface area contributed by atoms with E-state index in [1.165, 1.54) is 7.11 Å². The van der Waals surface area contributed by atoms with Crippen molar-refractivity contribution in [1.29, 1.82) is 5.26 Å². The number of nitriles is 1. The predicted octanol–water partition coefficient (Wildman–Crippen LogP) is 4.26. The molecule has 1 aliphatic heterocycles. The van der Waals surface area contributed by atoms with Gasteiger partial charge in [-0.05, 0) is 35.4 Å². The second-order valence-corrected chi connectivity index (χ2v) is 9.12. The standard InChI is InChI=1S/C27H23N3O4S/c1-16-7-9-18(10-8-16)23-21(14-28)26(30-25(32)24(23)27(33)34-2)35-15-22(31)29-20-12-11-17-5-3-4-6-19(17)13-20/h3-13,23-24H,15H2,1-2H3,(H,29,31)(H,30,32). The van der Waals surface area contributed by atoms with Crippen molar-refractivity contribution in [2.45, 2.75) is 12.8 Å². The van der Waals surface area contributed by atoms with Crippen LogP contribution in [-0.2, 0) is 19.1 Å². The first kappa shape index (κ1) is 24.0. The van der Waals surface area contributed by atoms with Gasteiger partial charge >= 0.3 is 5.97 Å². The number of hydrogen-bond donors (Lipinski definition) is 2. The summed E-state index contributed by atoms with van der Waals surface area (Å²) in [4.78, 5) is 38.0. The molecular formula is C27H23N3O4S. The number of carbonyl (C=O) groups is 3. The quantitative estimate of drug-likeness (QED) is 0.399. The highest BCUT2D eigenvalue weighted by Gasteiger charge is 2.44. The van der Waals surface area contributed by atoms with E-state index in [1.54, 1.807) is 12.1 Å². The number of benzene rings is 3. The lowest BCUT2D eigenvalue weighted by Gasteiger charge is -2.31. The molecule has 0 spiro atoms. The highest BCUT2D eigenvalue weighted by atomic mass is 32.2. The number of methoxy groups -OCH3 is 1. The van der Waals surface area contributed by atoms with Crippen LogP contribution >= 0.6 is 11.8 Å². The summed E-state index contributed by atoms with van der Waals surface area (Å²) in [5.41, 5.74) is 2.52. The smallest absolute Gasteiger partial charge is 0.319 e. The van der Waals surface area contributed by atoms with Crippen molar-refractivity contribution >= 4 is 46.0 Å². The third-order valence-corrected chi connectivity index (χ3v) is 6.82. The van der Waals surface area contributed by atoms with E-state index in [2.05, 4.69) is 16.7 Å². The van der Waals surface area contributed by atoms with Gasteiger partial charge in [0.05, 0.1) is 29.5 Å². The molecule has 8 heteroatoms. The number of fused-ring (bicyclic) bond motifs is 1. The van der Waals surface area contributed by atoms with E-state index >= 15 is 0 Å². The Morgan fingerprint density at radius 3 is 2.49 bits per heavy atom. The first-order valence-corrected chi connectivity index (χ1v) is 11.9. The van der Waals surface area contributed by atoms with Gasteiger partial charge in [-0.1, -0.05) is 71.9 Å². The van der Waals surface area contributed by atoms with Gasteiger partial charge in [-0.2, -0.15) is 5.26 Å². The molecule has 35 heavy (non-hydrogen) atoms. The number of rotatable bonds is 6. The Kier molecular flexibility index (Phi) is 7.18. The monoisotopic (exact) mass is 485 g/mol. The molecule has 0 fully saturated rings. The first-order valence-electron chi connectivity index (χ1n) is 10.9. The molecule has 176 valence electrons. The number of nitrogens with one attached hydrogen (secondary N) is 2. The van der Waals surface area contributed by atoms with E-state index in [9.17, 15) is 19.6 Å². The third-order valence-electron chi connectivity index (χ3n) is 5.80. The van der Waals surface area contributed by atoms with Gasteiger partial charge < -0.3 is 15.4 Å². The van der Waals surface area contributed by atoms with Crippen molar-refractivity contribution in [1.82, 2.24) is 5.32 Å². The molecule has 4 rings (SSSR count). The fraction of sp³-hybridized carbons (Fsp3) is 0.185. The van der Waals surface area contributed by atoms with Crippen LogP contribution < -0.4 is 10.6 Å². The van der Waals surface area contributed by atoms with Crippen molar-refractivity contribution < 1.29 is 19.1 Å². The summed E-state index contributed by atoms with van der Waals surface area (Å²) in [5.74, 6) is -3.62. The second kappa shape index (κ2) is 10.5. The Balaban J connectivity index is 1.57. The van der Waals surface area contributed by atoms with E-state index in [0.29, 0.717) is 11.3 Å². The topological polar surface area (TPSA) is 108 Å². The van der Waals surface area contributed by atoms with E-state index in [-0.39, 0.29) is 22.3 Å². The van der Waals surface area contributed by atoms with Gasteiger partial charge in [0.1, 0.15) is 5.92 Å². The SMILES string of the molecule is COC(=O)C1C(=O)NC(SCC(=O)Nc2ccc3ccccc3c2)=C(C#N)C1c1ccc(C)cc1. The highest BCUT2D eigenvalue weighted by molar-refractivity contribution is 8.03. The summed E-state index contributed by atoms with van der Waals surface area (Å²) >= 11 is 1.05. The fourth-order valence-corrected chi connectivity index (χ4v) is 4.90. The van der Waals surface area contributed by atoms with Gasteiger partial charge in [-0.25, -0.2) is 0 Å². The van der Waals surface area contributed by atoms with Gasteiger partial charge in [0.25, 0.3) is 0 Å². The lowest BCUT2D eigenvalue weighted by Crippen LogP contribution is -2.44. The van der Waals surface area contributed by atoms with Crippen LogP contribution in [0.25, 0.3) is 10.8 Å². The molecule has 0 aliphatic carbocycles. The molecule has 0 bridgehead atoms. The molecule has 2 N–H and O–H groups in total. The molecule has 0 saturated heterocycles. The number of ether oxygens (including phenoxy) is 1. The van der Waals surface area contributed by atoms with Crippen LogP contribution in [0.15, 0.2) is 77.3 Å². The van der Waals surface area contributed by atoms with Crippen LogP contribution in [0.5, 0.6) is 0 Å². The molecule has 2 unspecified atom stereocenters. The Labute approximate surface area is 207 Å². The van der Waals surface area contributed by atoms with Gasteiger partial charge in [0, 0.05) is 11.6 Å². The number of hydrogen-bond acceptors (Lipinski definition) is 6. The normalized spacial score (nSPS) is 17.5. The maximum absolute atomic E-state index is 12.9. The molecule has 7 nitrogen and oxygen atoms in total. The molecule has 2 atom stereocenters. The maximum atomic E-state index is 12.9. The van der Waals surface area contributed by atoms with E-state index in [4.69, 9.17) is 4.74 Å². The minimum atomic E-state index is -1.20. The third kappa shape index (κ3) is 5.20. The number of nitrogens with zero attached hydrogens (tertiary/aromatic N) is 1. The number of anilines is 1. The molecule has 0 radical (unpaired) electrons. The van der Waals surface area contributed by atoms with Crippen LogP contribution in [0.4, 0.5) is 5.69 Å². The zero-order valence-electron chi connectivity index (χ0n) is 19.2. The van der Waals surface area contributed by atoms with Crippen molar-refractivity contribution in [3.8, 4) is 6.07 Å². The second-order valence-electron chi connectivity index (χ2n) is 8.13. The summed E-state index contributed by atoms with van der Waals surface area (Å²) in [6.07, 6.45) is 0. The summed E-state index contributed by atoms with van der Waals surface area (Å²) in [5, 5.41) is 17.8. The number of esters is 1. The largest absolute Gasteiger partial charge is 0.468 e. The van der Waals surface area contributed by atoms with E-state index in [1.807, 2.05) is 61.5 Å². The van der Waals surface area contributed by atoms with Crippen molar-refractivity contribution in [2.75, 3.05) is 18.2 Å². The summed E-state index contributed by atoms with van der Waals surface area (Å²) in [7, 11) is 1.21. The average Bonchev–Trinajstić information content (AvgIpc) is 2.87. The minimum absolute atomic E-state index is 0.0306. The molecule has 0 aromatic heterocycles. The van der Waals surface area contributed by atoms with E-state index in [0.717, 1.165) is 28.1 Å². The lowest BCUT2D eigenvalue weighted by atomic mass is 9.78. The van der Waals surface area contributed by atoms with Gasteiger partial charge in [0.2, 0.25) is 11.8 Å².